The van der Waals surface area contributed by atoms with Gasteiger partial charge in [0.25, 0.3) is 0 Å². The Morgan fingerprint density at radius 3 is 1.22 bits per heavy atom. The fourth-order valence-corrected chi connectivity index (χ4v) is 7.83. The van der Waals surface area contributed by atoms with Crippen LogP contribution in [0.15, 0.2) is 97.1 Å². The molecule has 0 saturated carbocycles. The second-order valence-corrected chi connectivity index (χ2v) is 11.6. The first-order valence-corrected chi connectivity index (χ1v) is 15.7. The Morgan fingerprint density at radius 1 is 0.488 bits per heavy atom. The molecule has 4 aromatic carbocycles. The molecule has 0 saturated heterocycles. The van der Waals surface area contributed by atoms with Crippen molar-refractivity contribution in [3.8, 4) is 11.4 Å². The van der Waals surface area contributed by atoms with Crippen LogP contribution in [-0.2, 0) is 0 Å². The van der Waals surface area contributed by atoms with Crippen LogP contribution in [0.1, 0.15) is 27.7 Å². The quantitative estimate of drug-likeness (QED) is 0.185. The zero-order chi connectivity index (χ0) is 28.1. The van der Waals surface area contributed by atoms with E-state index in [1.165, 1.54) is 65.0 Å². The fraction of sp³-hybridized carbons (Fsp3) is 0.222. The molecule has 4 nitrogen and oxygen atoms in total. The molecule has 41 heavy (non-hydrogen) atoms. The van der Waals surface area contributed by atoms with Crippen LogP contribution >= 0.6 is 11.3 Å². The lowest BCUT2D eigenvalue weighted by molar-refractivity contribution is 0.866. The van der Waals surface area contributed by atoms with Crippen molar-refractivity contribution in [1.29, 1.82) is 0 Å². The summed E-state index contributed by atoms with van der Waals surface area (Å²) in [6.07, 6.45) is 0. The molecule has 0 bridgehead atoms. The van der Waals surface area contributed by atoms with Crippen molar-refractivity contribution in [3.63, 3.8) is 0 Å². The minimum atomic E-state index is 1.00. The highest BCUT2D eigenvalue weighted by molar-refractivity contribution is 7.27. The van der Waals surface area contributed by atoms with Crippen LogP contribution in [0.5, 0.6) is 0 Å². The molecule has 3 heterocycles. The van der Waals surface area contributed by atoms with Crippen LogP contribution in [0.2, 0.25) is 0 Å². The van der Waals surface area contributed by atoms with E-state index >= 15 is 0 Å². The average Bonchev–Trinajstić information content (AvgIpc) is 3.65. The number of anilines is 2. The number of benzene rings is 4. The molecule has 7 aromatic rings. The van der Waals surface area contributed by atoms with Crippen LogP contribution in [0, 0.1) is 0 Å². The van der Waals surface area contributed by atoms with Crippen LogP contribution in [-0.4, -0.2) is 35.3 Å². The van der Waals surface area contributed by atoms with Gasteiger partial charge < -0.3 is 18.9 Å². The predicted octanol–water partition coefficient (Wildman–Crippen LogP) is 9.63. The highest BCUT2D eigenvalue weighted by Gasteiger charge is 2.24. The van der Waals surface area contributed by atoms with Crippen LogP contribution in [0.4, 0.5) is 11.4 Å². The number of hydrogen-bond acceptors (Lipinski definition) is 3. The normalized spacial score (nSPS) is 11.8. The first kappa shape index (κ1) is 25.7. The molecule has 206 valence electrons. The first-order chi connectivity index (χ1) is 20.2. The minimum absolute atomic E-state index is 1.00. The predicted molar refractivity (Wildman–Crippen MR) is 180 cm³/mol. The number of hydrogen-bond donors (Lipinski definition) is 0. The van der Waals surface area contributed by atoms with Crippen molar-refractivity contribution in [1.82, 2.24) is 9.13 Å². The van der Waals surface area contributed by atoms with E-state index in [1.807, 2.05) is 11.3 Å². The van der Waals surface area contributed by atoms with Gasteiger partial charge in [-0.25, -0.2) is 0 Å². The van der Waals surface area contributed by atoms with Crippen LogP contribution < -0.4 is 9.80 Å². The minimum Gasteiger partial charge on any atom is -0.372 e. The molecule has 0 fully saturated rings. The molecule has 0 aliphatic carbocycles. The smallest absolute Gasteiger partial charge is 0.0899 e. The maximum atomic E-state index is 2.48. The van der Waals surface area contributed by atoms with Gasteiger partial charge in [-0.15, -0.1) is 11.3 Å². The Kier molecular flexibility index (Phi) is 6.47. The number of para-hydroxylation sites is 2. The standard InChI is InChI=1S/C36H36N4S/c1-5-37(6-2)25-17-21-27(22-18-25)39-31-15-11-9-13-29(31)35-33(39)34-36(41-35)30-14-10-12-16-32(30)40(34)28-23-19-26(20-24-28)38(7-3)8-4/h9-24H,5-8H2,1-4H3. The Bertz CT molecular complexity index is 1840. The Labute approximate surface area is 245 Å². The maximum absolute atomic E-state index is 2.48. The monoisotopic (exact) mass is 556 g/mol. The van der Waals surface area contributed by atoms with E-state index in [9.17, 15) is 0 Å². The highest BCUT2D eigenvalue weighted by atomic mass is 32.1. The summed E-state index contributed by atoms with van der Waals surface area (Å²) in [6.45, 7) is 12.9. The second-order valence-electron chi connectivity index (χ2n) is 10.5. The van der Waals surface area contributed by atoms with Crippen molar-refractivity contribution < 1.29 is 0 Å². The summed E-state index contributed by atoms with van der Waals surface area (Å²) in [7, 11) is 0. The highest BCUT2D eigenvalue weighted by Crippen LogP contribution is 2.47. The van der Waals surface area contributed by atoms with Crippen molar-refractivity contribution in [2.24, 2.45) is 0 Å². The summed E-state index contributed by atoms with van der Waals surface area (Å²) >= 11 is 1.92. The van der Waals surface area contributed by atoms with Crippen LogP contribution in [0.3, 0.4) is 0 Å². The summed E-state index contributed by atoms with van der Waals surface area (Å²) in [5.41, 5.74) is 9.99. The zero-order valence-electron chi connectivity index (χ0n) is 24.3. The van der Waals surface area contributed by atoms with Crippen molar-refractivity contribution >= 4 is 65.0 Å². The van der Waals surface area contributed by atoms with Crippen molar-refractivity contribution in [2.75, 3.05) is 36.0 Å². The Morgan fingerprint density at radius 2 is 0.854 bits per heavy atom. The van der Waals surface area contributed by atoms with E-state index in [1.54, 1.807) is 0 Å². The lowest BCUT2D eigenvalue weighted by Crippen LogP contribution is -2.21. The molecule has 0 amide bonds. The molecule has 0 spiro atoms. The summed E-state index contributed by atoms with van der Waals surface area (Å²) in [5.74, 6) is 0. The van der Waals surface area contributed by atoms with Gasteiger partial charge in [0.1, 0.15) is 0 Å². The number of fused-ring (bicyclic) bond motifs is 7. The molecule has 0 aliphatic rings. The van der Waals surface area contributed by atoms with Gasteiger partial charge in [-0.2, -0.15) is 0 Å². The summed E-state index contributed by atoms with van der Waals surface area (Å²) in [6, 6.07) is 36.0. The van der Waals surface area contributed by atoms with E-state index in [-0.39, 0.29) is 0 Å². The van der Waals surface area contributed by atoms with Gasteiger partial charge in [0.2, 0.25) is 0 Å². The summed E-state index contributed by atoms with van der Waals surface area (Å²) in [5, 5.41) is 2.62. The Hall–Kier alpha value is -4.22. The lowest BCUT2D eigenvalue weighted by Gasteiger charge is -2.21. The number of thiophene rings is 1. The molecular formula is C36H36N4S. The van der Waals surface area contributed by atoms with Gasteiger partial charge >= 0.3 is 0 Å². The van der Waals surface area contributed by atoms with Gasteiger partial charge in [-0.05, 0) is 88.4 Å². The third-order valence-corrected chi connectivity index (χ3v) is 9.79. The molecule has 5 heteroatoms. The average molecular weight is 557 g/mol. The van der Waals surface area contributed by atoms with Crippen LogP contribution in [0.25, 0.3) is 53.6 Å². The molecule has 0 atom stereocenters. The number of nitrogens with zero attached hydrogens (tertiary/aromatic N) is 4. The zero-order valence-corrected chi connectivity index (χ0v) is 25.1. The second kappa shape index (κ2) is 10.3. The molecule has 0 radical (unpaired) electrons. The molecule has 0 unspecified atom stereocenters. The van der Waals surface area contributed by atoms with Gasteiger partial charge in [0.05, 0.1) is 31.5 Å². The maximum Gasteiger partial charge on any atom is 0.0899 e. The van der Waals surface area contributed by atoms with Gasteiger partial charge in [-0.1, -0.05) is 36.4 Å². The van der Waals surface area contributed by atoms with Crippen molar-refractivity contribution in [2.45, 2.75) is 27.7 Å². The van der Waals surface area contributed by atoms with Gasteiger partial charge in [0.15, 0.2) is 0 Å². The third-order valence-electron chi connectivity index (χ3n) is 8.56. The van der Waals surface area contributed by atoms with E-state index in [0.29, 0.717) is 0 Å². The summed E-state index contributed by atoms with van der Waals surface area (Å²) in [4.78, 5) is 4.80. The summed E-state index contributed by atoms with van der Waals surface area (Å²) < 4.78 is 7.65. The van der Waals surface area contributed by atoms with Crippen molar-refractivity contribution in [3.05, 3.63) is 97.1 Å². The van der Waals surface area contributed by atoms with E-state index < -0.39 is 0 Å². The topological polar surface area (TPSA) is 16.3 Å². The largest absolute Gasteiger partial charge is 0.372 e. The van der Waals surface area contributed by atoms with E-state index in [4.69, 9.17) is 0 Å². The van der Waals surface area contributed by atoms with Gasteiger partial charge in [-0.3, -0.25) is 0 Å². The first-order valence-electron chi connectivity index (χ1n) is 14.8. The molecule has 7 rings (SSSR count). The van der Waals surface area contributed by atoms with E-state index in [0.717, 1.165) is 26.2 Å². The fourth-order valence-electron chi connectivity index (χ4n) is 6.49. The third kappa shape index (κ3) is 3.94. The molecular weight excluding hydrogens is 520 g/mol. The Balaban J connectivity index is 1.54. The lowest BCUT2D eigenvalue weighted by atomic mass is 10.2. The molecule has 0 aliphatic heterocycles. The number of rotatable bonds is 8. The molecule has 0 N–H and O–H groups in total. The van der Waals surface area contributed by atoms with Gasteiger partial charge in [0, 0.05) is 59.7 Å². The SMILES string of the molecule is CCN(CC)c1ccc(-n2c3ccccc3c3sc4c5ccccc5n(-c5ccc(N(CC)CC)cc5)c4c32)cc1. The number of aromatic nitrogens is 2. The molecule has 3 aromatic heterocycles. The van der Waals surface area contributed by atoms with E-state index in [2.05, 4.69) is 144 Å².